The lowest BCUT2D eigenvalue weighted by Gasteiger charge is -2.29. The predicted octanol–water partition coefficient (Wildman–Crippen LogP) is 3.70. The number of nitrogens with one attached hydrogen (secondary N) is 2. The number of nitrogens with zero attached hydrogens (tertiary/aromatic N) is 3. The van der Waals surface area contributed by atoms with Crippen molar-refractivity contribution in [3.63, 3.8) is 0 Å². The van der Waals surface area contributed by atoms with E-state index in [2.05, 4.69) is 41.6 Å². The molecule has 2 aromatic heterocycles. The SMILES string of the molecule is Cc1cc(-c2nnc(NC3CCCC3)o2)nc2c1=CC(NCC(F)(F)F)CC=2C(C)(C)C. The molecule has 2 heterocycles. The number of fused-ring (bicyclic) bond motifs is 1. The molecular formula is C23H30F3N5O. The van der Waals surface area contributed by atoms with Gasteiger partial charge in [-0.2, -0.15) is 13.2 Å². The van der Waals surface area contributed by atoms with Crippen LogP contribution in [-0.4, -0.2) is 40.0 Å². The maximum atomic E-state index is 12.8. The normalized spacial score (nSPS) is 19.7. The van der Waals surface area contributed by atoms with Gasteiger partial charge in [-0.1, -0.05) is 44.8 Å². The van der Waals surface area contributed by atoms with E-state index >= 15 is 0 Å². The van der Waals surface area contributed by atoms with Crippen molar-refractivity contribution < 1.29 is 17.6 Å². The highest BCUT2D eigenvalue weighted by Crippen LogP contribution is 2.31. The summed E-state index contributed by atoms with van der Waals surface area (Å²) in [6, 6.07) is 2.20. The Kier molecular flexibility index (Phi) is 6.04. The van der Waals surface area contributed by atoms with Crippen molar-refractivity contribution in [2.75, 3.05) is 11.9 Å². The van der Waals surface area contributed by atoms with Crippen LogP contribution in [0.5, 0.6) is 0 Å². The number of aryl methyl sites for hydroxylation is 1. The van der Waals surface area contributed by atoms with Crippen molar-refractivity contribution in [2.45, 2.75) is 78.1 Å². The molecule has 0 spiro atoms. The molecule has 2 N–H and O–H groups in total. The van der Waals surface area contributed by atoms with Gasteiger partial charge in [0.25, 0.3) is 5.89 Å². The van der Waals surface area contributed by atoms with Crippen LogP contribution in [0.1, 0.15) is 58.4 Å². The van der Waals surface area contributed by atoms with E-state index in [4.69, 9.17) is 9.40 Å². The highest BCUT2D eigenvalue weighted by molar-refractivity contribution is 5.60. The third kappa shape index (κ3) is 5.14. The highest BCUT2D eigenvalue weighted by Gasteiger charge is 2.31. The van der Waals surface area contributed by atoms with Gasteiger partial charge in [-0.25, -0.2) is 4.98 Å². The molecular weight excluding hydrogens is 419 g/mol. The van der Waals surface area contributed by atoms with Crippen LogP contribution in [0.2, 0.25) is 0 Å². The van der Waals surface area contributed by atoms with Gasteiger partial charge >= 0.3 is 12.2 Å². The number of alkyl halides is 3. The summed E-state index contributed by atoms with van der Waals surface area (Å²) in [5.74, 6) is 0.335. The van der Waals surface area contributed by atoms with Crippen LogP contribution in [0.25, 0.3) is 23.2 Å². The van der Waals surface area contributed by atoms with Crippen LogP contribution in [-0.2, 0) is 0 Å². The summed E-state index contributed by atoms with van der Waals surface area (Å²) < 4.78 is 44.1. The molecule has 174 valence electrons. The molecule has 0 bridgehead atoms. The Labute approximate surface area is 185 Å². The molecule has 0 radical (unpaired) electrons. The Morgan fingerprint density at radius 2 is 1.84 bits per heavy atom. The molecule has 32 heavy (non-hydrogen) atoms. The molecule has 0 saturated heterocycles. The Morgan fingerprint density at radius 1 is 1.12 bits per heavy atom. The predicted molar refractivity (Wildman–Crippen MR) is 117 cm³/mol. The minimum Gasteiger partial charge on any atom is -0.402 e. The number of pyridine rings is 1. The van der Waals surface area contributed by atoms with E-state index < -0.39 is 18.8 Å². The molecule has 2 aliphatic carbocycles. The molecule has 4 rings (SSSR count). The summed E-state index contributed by atoms with van der Waals surface area (Å²) in [6.07, 6.45) is 2.64. The Hall–Kier alpha value is -2.42. The fourth-order valence-corrected chi connectivity index (χ4v) is 4.48. The fraction of sp³-hybridized carbons (Fsp3) is 0.609. The van der Waals surface area contributed by atoms with Gasteiger partial charge in [0.2, 0.25) is 0 Å². The number of anilines is 1. The molecule has 2 aromatic rings. The third-order valence-electron chi connectivity index (χ3n) is 6.14. The van der Waals surface area contributed by atoms with Gasteiger partial charge in [0, 0.05) is 17.3 Å². The summed E-state index contributed by atoms with van der Waals surface area (Å²) in [6.45, 7) is 7.07. The van der Waals surface area contributed by atoms with E-state index in [1.807, 2.05) is 19.1 Å². The van der Waals surface area contributed by atoms with E-state index in [1.165, 1.54) is 12.8 Å². The average molecular weight is 450 g/mol. The first kappa shape index (κ1) is 22.8. The minimum atomic E-state index is -4.25. The van der Waals surface area contributed by atoms with E-state index in [9.17, 15) is 13.2 Å². The molecule has 0 aliphatic heterocycles. The summed E-state index contributed by atoms with van der Waals surface area (Å²) in [5.41, 5.74) is 2.23. The van der Waals surface area contributed by atoms with Crippen LogP contribution in [0, 0.1) is 12.3 Å². The van der Waals surface area contributed by atoms with Gasteiger partial charge in [0.15, 0.2) is 0 Å². The quantitative estimate of drug-likeness (QED) is 0.725. The summed E-state index contributed by atoms with van der Waals surface area (Å²) in [7, 11) is 0. The van der Waals surface area contributed by atoms with Crippen molar-refractivity contribution in [2.24, 2.45) is 5.41 Å². The lowest BCUT2D eigenvalue weighted by molar-refractivity contribution is -0.125. The summed E-state index contributed by atoms with van der Waals surface area (Å²) >= 11 is 0. The van der Waals surface area contributed by atoms with Crippen molar-refractivity contribution in [1.82, 2.24) is 20.5 Å². The maximum Gasteiger partial charge on any atom is 0.401 e. The van der Waals surface area contributed by atoms with Crippen molar-refractivity contribution in [3.8, 4) is 11.6 Å². The van der Waals surface area contributed by atoms with Gasteiger partial charge < -0.3 is 15.1 Å². The largest absolute Gasteiger partial charge is 0.402 e. The number of rotatable bonds is 5. The maximum absolute atomic E-state index is 12.8. The van der Waals surface area contributed by atoms with Gasteiger partial charge in [0.1, 0.15) is 5.69 Å². The first-order valence-corrected chi connectivity index (χ1v) is 11.1. The molecule has 6 nitrogen and oxygen atoms in total. The molecule has 0 amide bonds. The second-order valence-electron chi connectivity index (χ2n) is 9.83. The number of halogens is 3. The van der Waals surface area contributed by atoms with E-state index in [0.29, 0.717) is 30.1 Å². The van der Waals surface area contributed by atoms with Gasteiger partial charge in [-0.15, -0.1) is 5.10 Å². The van der Waals surface area contributed by atoms with E-state index in [-0.39, 0.29) is 5.41 Å². The first-order chi connectivity index (χ1) is 15.0. The smallest absolute Gasteiger partial charge is 0.401 e. The number of hydrogen-bond donors (Lipinski definition) is 2. The van der Waals surface area contributed by atoms with Crippen molar-refractivity contribution in [1.29, 1.82) is 0 Å². The zero-order valence-electron chi connectivity index (χ0n) is 18.9. The molecule has 0 aromatic carbocycles. The summed E-state index contributed by atoms with van der Waals surface area (Å²) in [5, 5.41) is 15.9. The Balaban J connectivity index is 1.70. The minimum absolute atomic E-state index is 0.261. The Bertz CT molecular complexity index is 1090. The monoisotopic (exact) mass is 449 g/mol. The van der Waals surface area contributed by atoms with Crippen LogP contribution >= 0.6 is 0 Å². The Morgan fingerprint density at radius 3 is 2.50 bits per heavy atom. The summed E-state index contributed by atoms with van der Waals surface area (Å²) in [4.78, 5) is 4.84. The first-order valence-electron chi connectivity index (χ1n) is 11.1. The van der Waals surface area contributed by atoms with Crippen LogP contribution in [0.4, 0.5) is 19.2 Å². The standard InChI is InChI=1S/C23H30F3N5O/c1-13-9-18(20-30-31-21(32-20)28-14-7-5-6-8-14)29-19-16(13)10-15(27-12-23(24,25)26)11-17(19)22(2,3)4/h9-10,14-15,27H,5-8,11-12H2,1-4H3,(H,28,31). The lowest BCUT2D eigenvalue weighted by atomic mass is 9.79. The highest BCUT2D eigenvalue weighted by atomic mass is 19.4. The topological polar surface area (TPSA) is 75.9 Å². The number of hydrogen-bond acceptors (Lipinski definition) is 6. The lowest BCUT2D eigenvalue weighted by Crippen LogP contribution is -2.46. The van der Waals surface area contributed by atoms with Crippen molar-refractivity contribution in [3.05, 3.63) is 22.2 Å². The molecule has 1 atom stereocenters. The molecule has 1 fully saturated rings. The molecule has 1 saturated carbocycles. The van der Waals surface area contributed by atoms with Crippen LogP contribution < -0.4 is 21.2 Å². The van der Waals surface area contributed by atoms with Gasteiger partial charge in [-0.05, 0) is 48.8 Å². The molecule has 2 aliphatic rings. The number of aromatic nitrogens is 3. The zero-order valence-corrected chi connectivity index (χ0v) is 18.9. The molecule has 9 heteroatoms. The average Bonchev–Trinajstić information content (AvgIpc) is 3.37. The second-order valence-corrected chi connectivity index (χ2v) is 9.83. The van der Waals surface area contributed by atoms with Gasteiger partial charge in [0.05, 0.1) is 11.9 Å². The van der Waals surface area contributed by atoms with Crippen LogP contribution in [0.15, 0.2) is 10.5 Å². The third-order valence-corrected chi connectivity index (χ3v) is 6.14. The van der Waals surface area contributed by atoms with E-state index in [0.717, 1.165) is 34.5 Å². The van der Waals surface area contributed by atoms with Gasteiger partial charge in [-0.3, -0.25) is 0 Å². The fourth-order valence-electron chi connectivity index (χ4n) is 4.48. The van der Waals surface area contributed by atoms with Crippen LogP contribution in [0.3, 0.4) is 0 Å². The van der Waals surface area contributed by atoms with Crippen molar-refractivity contribution >= 4 is 17.7 Å². The second kappa shape index (κ2) is 8.50. The molecule has 1 unspecified atom stereocenters. The van der Waals surface area contributed by atoms with E-state index in [1.54, 1.807) is 0 Å². The zero-order chi connectivity index (χ0) is 23.1.